The number of carboxylic acids is 1. The molecule has 1 N–H and O–H groups in total. The smallest absolute Gasteiger partial charge is 0.307 e. The third-order valence-electron chi connectivity index (χ3n) is 3.74. The van der Waals surface area contributed by atoms with Crippen LogP contribution < -0.4 is 0 Å². The highest BCUT2D eigenvalue weighted by Crippen LogP contribution is 2.29. The molecule has 4 heteroatoms. The van der Waals surface area contributed by atoms with Crippen LogP contribution in [0.15, 0.2) is 0 Å². The number of rotatable bonds is 3. The molecule has 1 fully saturated rings. The summed E-state index contributed by atoms with van der Waals surface area (Å²) in [6, 6.07) is 0. The molecule has 1 aliphatic rings. The molecule has 17 heavy (non-hydrogen) atoms. The Morgan fingerprint density at radius 2 is 1.82 bits per heavy atom. The van der Waals surface area contributed by atoms with Crippen molar-refractivity contribution in [2.75, 3.05) is 13.1 Å². The molecule has 2 atom stereocenters. The molecule has 0 aliphatic carbocycles. The van der Waals surface area contributed by atoms with Crippen LogP contribution >= 0.6 is 0 Å². The van der Waals surface area contributed by atoms with Crippen molar-refractivity contribution in [1.82, 2.24) is 4.90 Å². The van der Waals surface area contributed by atoms with Gasteiger partial charge in [0.25, 0.3) is 0 Å². The quantitative estimate of drug-likeness (QED) is 0.822. The maximum Gasteiger partial charge on any atom is 0.307 e. The number of carbonyl (C=O) groups is 2. The molecule has 1 rings (SSSR count). The van der Waals surface area contributed by atoms with Crippen molar-refractivity contribution in [3.8, 4) is 0 Å². The van der Waals surface area contributed by atoms with Crippen LogP contribution in [-0.4, -0.2) is 35.0 Å². The molecule has 1 saturated heterocycles. The Bertz CT molecular complexity index is 312. The van der Waals surface area contributed by atoms with E-state index in [1.807, 2.05) is 4.90 Å². The maximum absolute atomic E-state index is 12.2. The van der Waals surface area contributed by atoms with Crippen molar-refractivity contribution in [3.05, 3.63) is 0 Å². The molecule has 0 spiro atoms. The van der Waals surface area contributed by atoms with E-state index < -0.39 is 17.8 Å². The number of hydrogen-bond acceptors (Lipinski definition) is 2. The summed E-state index contributed by atoms with van der Waals surface area (Å²) in [6.07, 6.45) is 2.13. The Hall–Kier alpha value is -1.06. The van der Waals surface area contributed by atoms with Crippen molar-refractivity contribution >= 4 is 11.9 Å². The molecule has 0 aromatic rings. The van der Waals surface area contributed by atoms with Gasteiger partial charge in [0.1, 0.15) is 0 Å². The summed E-state index contributed by atoms with van der Waals surface area (Å²) >= 11 is 0. The summed E-state index contributed by atoms with van der Waals surface area (Å²) in [6.45, 7) is 9.11. The van der Waals surface area contributed by atoms with Gasteiger partial charge in [0.15, 0.2) is 0 Å². The van der Waals surface area contributed by atoms with Crippen LogP contribution in [0.5, 0.6) is 0 Å². The van der Waals surface area contributed by atoms with Crippen molar-refractivity contribution < 1.29 is 14.7 Å². The van der Waals surface area contributed by atoms with Gasteiger partial charge in [-0.25, -0.2) is 0 Å². The van der Waals surface area contributed by atoms with Gasteiger partial charge in [-0.2, -0.15) is 0 Å². The fraction of sp³-hybridized carbons (Fsp3) is 0.846. The van der Waals surface area contributed by atoms with Crippen LogP contribution in [-0.2, 0) is 9.59 Å². The Balaban J connectivity index is 2.66. The van der Waals surface area contributed by atoms with Crippen LogP contribution in [0.3, 0.4) is 0 Å². The fourth-order valence-electron chi connectivity index (χ4n) is 2.33. The zero-order valence-corrected chi connectivity index (χ0v) is 11.2. The molecule has 0 aromatic heterocycles. The minimum Gasteiger partial charge on any atom is -0.481 e. The van der Waals surface area contributed by atoms with E-state index >= 15 is 0 Å². The van der Waals surface area contributed by atoms with E-state index in [-0.39, 0.29) is 11.3 Å². The van der Waals surface area contributed by atoms with Gasteiger partial charge >= 0.3 is 5.97 Å². The first-order valence-corrected chi connectivity index (χ1v) is 6.26. The van der Waals surface area contributed by atoms with Gasteiger partial charge in [-0.05, 0) is 18.3 Å². The first-order chi connectivity index (χ1) is 7.74. The third kappa shape index (κ3) is 3.45. The molecule has 0 aromatic carbocycles. The number of piperidine rings is 1. The Labute approximate surface area is 103 Å². The van der Waals surface area contributed by atoms with E-state index in [1.54, 1.807) is 13.8 Å². The largest absolute Gasteiger partial charge is 0.481 e. The summed E-state index contributed by atoms with van der Waals surface area (Å²) < 4.78 is 0. The highest BCUT2D eigenvalue weighted by Gasteiger charge is 2.34. The predicted octanol–water partition coefficient (Wildman–Crippen LogP) is 1.99. The highest BCUT2D eigenvalue weighted by atomic mass is 16.4. The van der Waals surface area contributed by atoms with Crippen LogP contribution in [0.25, 0.3) is 0 Å². The summed E-state index contributed by atoms with van der Waals surface area (Å²) in [5.41, 5.74) is 0.153. The molecule has 1 heterocycles. The number of nitrogens with zero attached hydrogens (tertiary/aromatic N) is 1. The lowest BCUT2D eigenvalue weighted by atomic mass is 9.83. The number of hydrogen-bond donors (Lipinski definition) is 1. The van der Waals surface area contributed by atoms with Gasteiger partial charge in [0, 0.05) is 19.0 Å². The lowest BCUT2D eigenvalue weighted by molar-refractivity contribution is -0.150. The van der Waals surface area contributed by atoms with E-state index in [2.05, 4.69) is 13.8 Å². The number of likely N-dealkylation sites (tertiary alicyclic amines) is 1. The minimum absolute atomic E-state index is 0.0207. The first-order valence-electron chi connectivity index (χ1n) is 6.26. The SMILES string of the molecule is CC(C(=O)O)C(C)C(=O)N1CCCC(C)(C)C1. The maximum atomic E-state index is 12.2. The van der Waals surface area contributed by atoms with Gasteiger partial charge in [-0.1, -0.05) is 27.7 Å². The molecule has 0 bridgehead atoms. The van der Waals surface area contributed by atoms with Gasteiger partial charge in [-0.15, -0.1) is 0 Å². The molecular weight excluding hydrogens is 218 g/mol. The minimum atomic E-state index is -0.901. The van der Waals surface area contributed by atoms with Gasteiger partial charge in [0.2, 0.25) is 5.91 Å². The van der Waals surface area contributed by atoms with E-state index in [4.69, 9.17) is 5.11 Å². The lowest BCUT2D eigenvalue weighted by Gasteiger charge is -2.39. The summed E-state index contributed by atoms with van der Waals surface area (Å²) in [5, 5.41) is 8.93. The second-order valence-electron chi connectivity index (χ2n) is 5.94. The average molecular weight is 241 g/mol. The van der Waals surface area contributed by atoms with Gasteiger partial charge in [-0.3, -0.25) is 9.59 Å². The zero-order valence-electron chi connectivity index (χ0n) is 11.2. The number of carboxylic acid groups (broad SMARTS) is 1. The van der Waals surface area contributed by atoms with Crippen LogP contribution in [0.2, 0.25) is 0 Å². The molecule has 1 aliphatic heterocycles. The van der Waals surface area contributed by atoms with E-state index in [0.29, 0.717) is 0 Å². The number of amides is 1. The molecule has 98 valence electrons. The van der Waals surface area contributed by atoms with E-state index in [0.717, 1.165) is 25.9 Å². The number of carbonyl (C=O) groups excluding carboxylic acids is 1. The Morgan fingerprint density at radius 3 is 2.29 bits per heavy atom. The first kappa shape index (κ1) is 14.0. The topological polar surface area (TPSA) is 57.6 Å². The monoisotopic (exact) mass is 241 g/mol. The molecule has 4 nitrogen and oxygen atoms in total. The van der Waals surface area contributed by atoms with Crippen molar-refractivity contribution in [1.29, 1.82) is 0 Å². The molecule has 2 unspecified atom stereocenters. The highest BCUT2D eigenvalue weighted by molar-refractivity contribution is 5.84. The summed E-state index contributed by atoms with van der Waals surface area (Å²) in [5.74, 6) is -1.98. The van der Waals surface area contributed by atoms with E-state index in [1.165, 1.54) is 0 Å². The standard InChI is InChI=1S/C13H23NO3/c1-9(10(2)12(16)17)11(15)14-7-5-6-13(3,4)8-14/h9-10H,5-8H2,1-4H3,(H,16,17). The molecule has 1 amide bonds. The Kier molecular flexibility index (Phi) is 4.17. The second kappa shape index (κ2) is 5.07. The fourth-order valence-corrected chi connectivity index (χ4v) is 2.33. The second-order valence-corrected chi connectivity index (χ2v) is 5.94. The molecular formula is C13H23NO3. The van der Waals surface area contributed by atoms with Crippen LogP contribution in [0.4, 0.5) is 0 Å². The zero-order chi connectivity index (χ0) is 13.2. The summed E-state index contributed by atoms with van der Waals surface area (Å²) in [4.78, 5) is 24.9. The average Bonchev–Trinajstić information content (AvgIpc) is 2.24. The van der Waals surface area contributed by atoms with Gasteiger partial charge in [0.05, 0.1) is 5.92 Å². The number of aliphatic carboxylic acids is 1. The van der Waals surface area contributed by atoms with Crippen LogP contribution in [0.1, 0.15) is 40.5 Å². The summed E-state index contributed by atoms with van der Waals surface area (Å²) in [7, 11) is 0. The lowest BCUT2D eigenvalue weighted by Crippen LogP contribution is -2.47. The predicted molar refractivity (Wildman–Crippen MR) is 65.6 cm³/mol. The van der Waals surface area contributed by atoms with Crippen molar-refractivity contribution in [2.45, 2.75) is 40.5 Å². The van der Waals surface area contributed by atoms with Gasteiger partial charge < -0.3 is 10.0 Å². The normalized spacial score (nSPS) is 22.9. The molecule has 0 saturated carbocycles. The van der Waals surface area contributed by atoms with Crippen molar-refractivity contribution in [2.24, 2.45) is 17.3 Å². The Morgan fingerprint density at radius 1 is 1.24 bits per heavy atom. The molecule has 0 radical (unpaired) electrons. The van der Waals surface area contributed by atoms with Crippen LogP contribution in [0, 0.1) is 17.3 Å². The van der Waals surface area contributed by atoms with E-state index in [9.17, 15) is 9.59 Å². The third-order valence-corrected chi connectivity index (χ3v) is 3.74. The van der Waals surface area contributed by atoms with Crippen molar-refractivity contribution in [3.63, 3.8) is 0 Å².